The third kappa shape index (κ3) is 21.7. The summed E-state index contributed by atoms with van der Waals surface area (Å²) < 4.78 is 16.2. The van der Waals surface area contributed by atoms with Crippen LogP contribution in [0.1, 0.15) is 207 Å². The van der Waals surface area contributed by atoms with Gasteiger partial charge in [0.15, 0.2) is 17.5 Å². The molecule has 20 heteroatoms. The molecule has 4 aromatic heterocycles. The van der Waals surface area contributed by atoms with Crippen molar-refractivity contribution in [2.75, 3.05) is 31.2 Å². The number of nitrogens with two attached hydrogens (primary N) is 1. The highest BCUT2D eigenvalue weighted by atomic mass is 16.6. The number of carbonyl (C=O) groups excluding carboxylic acids is 5. The largest absolute Gasteiger partial charge is 0.497 e. The zero-order valence-electron chi connectivity index (χ0n) is 60.3. The molecule has 7 aromatic rings. The van der Waals surface area contributed by atoms with Crippen molar-refractivity contribution in [3.63, 3.8) is 0 Å². The van der Waals surface area contributed by atoms with E-state index in [9.17, 15) is 24.0 Å². The van der Waals surface area contributed by atoms with E-state index >= 15 is 0 Å². The van der Waals surface area contributed by atoms with E-state index in [1.807, 2.05) is 85.5 Å². The predicted octanol–water partition coefficient (Wildman–Crippen LogP) is 15.4. The van der Waals surface area contributed by atoms with Gasteiger partial charge < -0.3 is 35.1 Å². The number of methoxy groups -OCH3 is 1. The van der Waals surface area contributed by atoms with Crippen LogP contribution in [-0.2, 0) is 43.4 Å². The molecule has 0 aliphatic heterocycles. The van der Waals surface area contributed by atoms with Crippen LogP contribution in [0, 0.1) is 35.5 Å². The third-order valence-electron chi connectivity index (χ3n) is 20.0. The smallest absolute Gasteiger partial charge is 0.326 e. The number of nitrogens with one attached hydrogen (secondary N) is 1. The summed E-state index contributed by atoms with van der Waals surface area (Å²) in [5.41, 5.74) is 13.4. The van der Waals surface area contributed by atoms with E-state index in [4.69, 9.17) is 29.9 Å². The lowest BCUT2D eigenvalue weighted by atomic mass is 9.71. The number of nitrogens with zero attached hydrogens (tertiary/aromatic N) is 10. The first-order chi connectivity index (χ1) is 48.5. The van der Waals surface area contributed by atoms with Gasteiger partial charge in [-0.3, -0.25) is 24.0 Å². The van der Waals surface area contributed by atoms with E-state index in [1.54, 1.807) is 60.8 Å². The fraction of sp³-hybridized carbons (Fsp3) is 0.469. The average molecular weight is 1370 g/mol. The fourth-order valence-electron chi connectivity index (χ4n) is 14.3. The van der Waals surface area contributed by atoms with Gasteiger partial charge in [0.05, 0.1) is 38.3 Å². The van der Waals surface area contributed by atoms with Gasteiger partial charge in [-0.05, 0) is 181 Å². The first-order valence-corrected chi connectivity index (χ1v) is 36.1. The maximum Gasteiger partial charge on any atom is 0.326 e. The molecule has 3 amide bonds. The second kappa shape index (κ2) is 34.7. The van der Waals surface area contributed by atoms with Crippen LogP contribution in [0.2, 0.25) is 0 Å². The van der Waals surface area contributed by atoms with E-state index in [0.717, 1.165) is 93.7 Å². The van der Waals surface area contributed by atoms with Crippen LogP contribution in [0.4, 0.5) is 11.6 Å². The Bertz CT molecular complexity index is 3950. The number of hydrogen-bond donors (Lipinski definition) is 2. The van der Waals surface area contributed by atoms with Crippen molar-refractivity contribution in [1.29, 1.82) is 0 Å². The van der Waals surface area contributed by atoms with Crippen LogP contribution in [0.5, 0.6) is 5.75 Å². The van der Waals surface area contributed by atoms with Crippen molar-refractivity contribution in [1.82, 2.24) is 49.7 Å². The molecular formula is C81H100N12O8. The van der Waals surface area contributed by atoms with Crippen molar-refractivity contribution in [3.05, 3.63) is 174 Å². The number of rotatable bonds is 22. The number of anilines is 2. The molecule has 0 spiro atoms. The summed E-state index contributed by atoms with van der Waals surface area (Å²) in [5, 5.41) is 2.71. The van der Waals surface area contributed by atoms with Crippen LogP contribution >= 0.6 is 0 Å². The van der Waals surface area contributed by atoms with Crippen LogP contribution < -0.4 is 15.8 Å². The lowest BCUT2D eigenvalue weighted by Gasteiger charge is -2.35. The Balaban J connectivity index is 0.000000223. The number of amides is 3. The van der Waals surface area contributed by atoms with Gasteiger partial charge in [0.2, 0.25) is 5.91 Å². The molecule has 0 saturated heterocycles. The van der Waals surface area contributed by atoms with Gasteiger partial charge >= 0.3 is 11.9 Å². The Morgan fingerprint density at radius 2 is 0.891 bits per heavy atom. The predicted molar refractivity (Wildman–Crippen MR) is 392 cm³/mol. The van der Waals surface area contributed by atoms with Crippen molar-refractivity contribution < 1.29 is 38.2 Å². The summed E-state index contributed by atoms with van der Waals surface area (Å²) in [5.74, 6) is 5.36. The topological polar surface area (TPSA) is 261 Å². The van der Waals surface area contributed by atoms with E-state index in [1.165, 1.54) is 129 Å². The van der Waals surface area contributed by atoms with E-state index in [0.29, 0.717) is 17.4 Å². The van der Waals surface area contributed by atoms with E-state index in [2.05, 4.69) is 61.2 Å². The minimum absolute atomic E-state index is 0.0227. The second-order valence-electron chi connectivity index (χ2n) is 29.6. The van der Waals surface area contributed by atoms with Crippen LogP contribution in [0.25, 0.3) is 33.9 Å². The fourth-order valence-corrected chi connectivity index (χ4v) is 14.3. The van der Waals surface area contributed by atoms with Crippen LogP contribution in [-0.4, -0.2) is 111 Å². The van der Waals surface area contributed by atoms with Gasteiger partial charge in [-0.25, -0.2) is 39.9 Å². The number of ether oxygens (including phenoxy) is 3. The Morgan fingerprint density at radius 1 is 0.475 bits per heavy atom. The molecule has 532 valence electrons. The maximum atomic E-state index is 13.7. The summed E-state index contributed by atoms with van der Waals surface area (Å²) >= 11 is 0. The van der Waals surface area contributed by atoms with Crippen molar-refractivity contribution >= 4 is 52.4 Å². The average Bonchev–Trinajstić information content (AvgIpc) is 0.835. The number of nitrogen functional groups attached to an aromatic ring is 1. The SMILES string of the molecule is CCC1CCC(C2CC=C(c3cnc(-c4ccc(CN(CC(=O)OC(C)(C)C)C(=O)c5cnc(N)cn5)cc4)nc3)CC2)CC1.CCC1CCC(C2CC=C(c3cnc(-c4ccc(CN(CC(=O)OC(C)(C)C)C(=O)c5cnc(NC(=O)Cc6ccc(OC)cc6)cn5)cc4)nc3)CC2)CC1. The molecule has 2 fully saturated rings. The summed E-state index contributed by atoms with van der Waals surface area (Å²) in [6.45, 7) is 15.1. The zero-order valence-corrected chi connectivity index (χ0v) is 60.3. The molecule has 0 radical (unpaired) electrons. The monoisotopic (exact) mass is 1370 g/mol. The Hall–Kier alpha value is -9.59. The standard InChI is InChI=1S/C45H54N6O5.C36H46N6O3/c1-6-30-7-13-33(14-8-30)34-17-19-35(20-18-34)37-24-48-43(49-25-37)36-15-9-32(10-16-36)28-51(29-42(53)56-45(2,3)4)44(54)39-26-47-40(27-46-39)50-41(52)23-31-11-21-38(55-5)22-12-31;1-5-24-6-10-26(11-7-24)27-14-16-28(17-15-27)30-18-40-34(41-19-30)29-12-8-25(9-13-29)22-42(23-33(43)45-36(2,3)4)35(44)31-20-39-32(37)21-38-31/h9-12,15-16,19,21-22,24-27,30,33-34H,6-8,13-14,17-18,20,23,28-29H2,1-5H3,(H,47,50,52);8-9,12-13,16,18-21,24,26-27H,5-7,10-11,14-15,17,22-23H2,1-4H3,(H2,37,39). The van der Waals surface area contributed by atoms with E-state index in [-0.39, 0.29) is 61.5 Å². The number of hydrogen-bond acceptors (Lipinski definition) is 17. The highest BCUT2D eigenvalue weighted by Crippen LogP contribution is 2.44. The summed E-state index contributed by atoms with van der Waals surface area (Å²) in [6.07, 6.45) is 38.8. The lowest BCUT2D eigenvalue weighted by Crippen LogP contribution is -2.38. The number of esters is 2. The molecule has 2 saturated carbocycles. The molecule has 2 atom stereocenters. The molecule has 101 heavy (non-hydrogen) atoms. The van der Waals surface area contributed by atoms with Crippen LogP contribution in [0.15, 0.2) is 135 Å². The van der Waals surface area contributed by atoms with Gasteiger partial charge in [-0.15, -0.1) is 0 Å². The maximum absolute atomic E-state index is 13.7. The minimum Gasteiger partial charge on any atom is -0.497 e. The second-order valence-corrected chi connectivity index (χ2v) is 29.6. The van der Waals surface area contributed by atoms with Crippen molar-refractivity contribution in [3.8, 4) is 28.5 Å². The first-order valence-electron chi connectivity index (χ1n) is 36.1. The molecule has 11 rings (SSSR count). The van der Waals surface area contributed by atoms with Gasteiger partial charge in [-0.2, -0.15) is 0 Å². The molecule has 3 N–H and O–H groups in total. The normalized spacial score (nSPS) is 19.2. The molecule has 4 heterocycles. The van der Waals surface area contributed by atoms with Crippen LogP contribution in [0.3, 0.4) is 0 Å². The Kier molecular flexibility index (Phi) is 25.4. The Morgan fingerprint density at radius 3 is 1.25 bits per heavy atom. The van der Waals surface area contributed by atoms with Crippen molar-refractivity contribution in [2.45, 2.75) is 189 Å². The molecular weight excluding hydrogens is 1270 g/mol. The first kappa shape index (κ1) is 74.1. The zero-order chi connectivity index (χ0) is 71.6. The molecule has 0 bridgehead atoms. The van der Waals surface area contributed by atoms with Gasteiger partial charge in [0.1, 0.15) is 47.2 Å². The molecule has 3 aromatic carbocycles. The molecule has 4 aliphatic carbocycles. The molecule has 4 aliphatic rings. The Labute approximate surface area is 595 Å². The summed E-state index contributed by atoms with van der Waals surface area (Å²) in [6, 6.07) is 22.5. The van der Waals surface area contributed by atoms with Gasteiger partial charge in [-0.1, -0.05) is 125 Å². The highest BCUT2D eigenvalue weighted by Gasteiger charge is 2.32. The lowest BCUT2D eigenvalue weighted by molar-refractivity contribution is -0.156. The van der Waals surface area contributed by atoms with Gasteiger partial charge in [0, 0.05) is 60.1 Å². The van der Waals surface area contributed by atoms with Crippen molar-refractivity contribution in [2.24, 2.45) is 35.5 Å². The quantitative estimate of drug-likeness (QED) is 0.0598. The molecule has 2 unspecified atom stereocenters. The number of allylic oxidation sites excluding steroid dienone is 4. The molecule has 20 nitrogen and oxygen atoms in total. The highest BCUT2D eigenvalue weighted by molar-refractivity contribution is 5.95. The third-order valence-corrected chi connectivity index (χ3v) is 20.0. The minimum atomic E-state index is -0.724. The van der Waals surface area contributed by atoms with Gasteiger partial charge in [0.25, 0.3) is 11.8 Å². The number of carbonyl (C=O) groups is 5. The number of benzene rings is 3. The van der Waals surface area contributed by atoms with E-state index < -0.39 is 35.0 Å². The number of aromatic nitrogens is 8. The summed E-state index contributed by atoms with van der Waals surface area (Å²) in [4.78, 5) is 103. The summed E-state index contributed by atoms with van der Waals surface area (Å²) in [7, 11) is 1.58.